The SMILES string of the molecule is CN(CC(N)CC1CCCCC1)CC1CCCO1. The summed E-state index contributed by atoms with van der Waals surface area (Å²) in [6.45, 7) is 3.03. The third-order valence-corrected chi connectivity index (χ3v) is 4.45. The van der Waals surface area contributed by atoms with E-state index in [-0.39, 0.29) is 0 Å². The molecule has 0 aromatic rings. The average Bonchev–Trinajstić information content (AvgIpc) is 2.82. The minimum absolute atomic E-state index is 0.347. The van der Waals surface area contributed by atoms with E-state index < -0.39 is 0 Å². The lowest BCUT2D eigenvalue weighted by atomic mass is 9.85. The molecule has 3 heteroatoms. The molecule has 2 aliphatic rings. The van der Waals surface area contributed by atoms with E-state index in [9.17, 15) is 0 Å². The van der Waals surface area contributed by atoms with Gasteiger partial charge in [0.2, 0.25) is 0 Å². The largest absolute Gasteiger partial charge is 0.377 e. The maximum atomic E-state index is 6.30. The number of hydrogen-bond acceptors (Lipinski definition) is 3. The average molecular weight is 254 g/mol. The van der Waals surface area contributed by atoms with Gasteiger partial charge < -0.3 is 15.4 Å². The van der Waals surface area contributed by atoms with Crippen molar-refractivity contribution >= 4 is 0 Å². The van der Waals surface area contributed by atoms with E-state index >= 15 is 0 Å². The van der Waals surface area contributed by atoms with Crippen LogP contribution in [0.5, 0.6) is 0 Å². The van der Waals surface area contributed by atoms with Gasteiger partial charge in [0, 0.05) is 25.7 Å². The molecule has 3 nitrogen and oxygen atoms in total. The molecule has 0 aromatic carbocycles. The Kier molecular flexibility index (Phi) is 5.93. The standard InChI is InChI=1S/C15H30N2O/c1-17(12-15-8-5-9-18-15)11-14(16)10-13-6-3-2-4-7-13/h13-15H,2-12,16H2,1H3. The molecule has 1 saturated heterocycles. The summed E-state index contributed by atoms with van der Waals surface area (Å²) in [6.07, 6.45) is 11.2. The van der Waals surface area contributed by atoms with Crippen molar-refractivity contribution in [2.75, 3.05) is 26.7 Å². The fourth-order valence-electron chi connectivity index (χ4n) is 3.54. The van der Waals surface area contributed by atoms with Crippen LogP contribution in [0.2, 0.25) is 0 Å². The number of hydrogen-bond donors (Lipinski definition) is 1. The van der Waals surface area contributed by atoms with Crippen molar-refractivity contribution in [3.8, 4) is 0 Å². The molecule has 2 rings (SSSR count). The van der Waals surface area contributed by atoms with Crippen LogP contribution in [-0.2, 0) is 4.74 Å². The lowest BCUT2D eigenvalue weighted by Gasteiger charge is -2.28. The second kappa shape index (κ2) is 7.46. The monoisotopic (exact) mass is 254 g/mol. The van der Waals surface area contributed by atoms with E-state index in [2.05, 4.69) is 11.9 Å². The van der Waals surface area contributed by atoms with Gasteiger partial charge in [-0.3, -0.25) is 0 Å². The molecule has 0 bridgehead atoms. The van der Waals surface area contributed by atoms with Crippen molar-refractivity contribution in [2.45, 2.75) is 63.5 Å². The molecule has 0 aromatic heterocycles. The first kappa shape index (κ1) is 14.3. The smallest absolute Gasteiger partial charge is 0.0702 e. The van der Waals surface area contributed by atoms with Gasteiger partial charge >= 0.3 is 0 Å². The predicted octanol–water partition coefficient (Wildman–Crippen LogP) is 2.39. The second-order valence-corrected chi connectivity index (χ2v) is 6.36. The molecule has 106 valence electrons. The van der Waals surface area contributed by atoms with E-state index in [0.29, 0.717) is 12.1 Å². The Morgan fingerprint density at radius 3 is 2.61 bits per heavy atom. The van der Waals surface area contributed by atoms with Crippen LogP contribution in [0.4, 0.5) is 0 Å². The quantitative estimate of drug-likeness (QED) is 0.791. The molecule has 0 spiro atoms. The highest BCUT2D eigenvalue weighted by molar-refractivity contribution is 4.76. The van der Waals surface area contributed by atoms with Crippen molar-refractivity contribution in [1.82, 2.24) is 4.90 Å². The van der Waals surface area contributed by atoms with Gasteiger partial charge in [-0.05, 0) is 32.2 Å². The summed E-state index contributed by atoms with van der Waals surface area (Å²) in [4.78, 5) is 2.36. The van der Waals surface area contributed by atoms with Crippen LogP contribution in [0.1, 0.15) is 51.4 Å². The highest BCUT2D eigenvalue weighted by Crippen LogP contribution is 2.27. The predicted molar refractivity (Wildman–Crippen MR) is 75.6 cm³/mol. The molecule has 2 fully saturated rings. The third-order valence-electron chi connectivity index (χ3n) is 4.45. The first-order valence-corrected chi connectivity index (χ1v) is 7.80. The molecule has 0 amide bonds. The minimum Gasteiger partial charge on any atom is -0.377 e. The van der Waals surface area contributed by atoms with Crippen LogP contribution in [-0.4, -0.2) is 43.8 Å². The molecule has 2 unspecified atom stereocenters. The van der Waals surface area contributed by atoms with Crippen LogP contribution in [0, 0.1) is 5.92 Å². The minimum atomic E-state index is 0.347. The van der Waals surface area contributed by atoms with Crippen LogP contribution in [0.15, 0.2) is 0 Å². The van der Waals surface area contributed by atoms with E-state index in [1.165, 1.54) is 51.4 Å². The van der Waals surface area contributed by atoms with Crippen LogP contribution >= 0.6 is 0 Å². The molecular formula is C15H30N2O. The van der Waals surface area contributed by atoms with Gasteiger partial charge in [-0.15, -0.1) is 0 Å². The molecule has 2 atom stereocenters. The van der Waals surface area contributed by atoms with Crippen LogP contribution < -0.4 is 5.73 Å². The summed E-state index contributed by atoms with van der Waals surface area (Å²) in [5.41, 5.74) is 6.30. The Bertz CT molecular complexity index is 223. The first-order valence-electron chi connectivity index (χ1n) is 7.80. The second-order valence-electron chi connectivity index (χ2n) is 6.36. The van der Waals surface area contributed by atoms with Crippen LogP contribution in [0.3, 0.4) is 0 Å². The zero-order chi connectivity index (χ0) is 12.8. The molecule has 2 N–H and O–H groups in total. The summed E-state index contributed by atoms with van der Waals surface area (Å²) in [5.74, 6) is 0.893. The van der Waals surface area contributed by atoms with E-state index in [4.69, 9.17) is 10.5 Å². The normalized spacial score (nSPS) is 27.8. The zero-order valence-corrected chi connectivity index (χ0v) is 11.9. The highest BCUT2D eigenvalue weighted by atomic mass is 16.5. The zero-order valence-electron chi connectivity index (χ0n) is 11.9. The molecule has 1 aliphatic carbocycles. The Morgan fingerprint density at radius 2 is 1.94 bits per heavy atom. The van der Waals surface area contributed by atoms with E-state index in [1.807, 2.05) is 0 Å². The van der Waals surface area contributed by atoms with Crippen molar-refractivity contribution in [2.24, 2.45) is 11.7 Å². The number of likely N-dealkylation sites (N-methyl/N-ethyl adjacent to an activating group) is 1. The third kappa shape index (κ3) is 4.87. The molecule has 1 saturated carbocycles. The van der Waals surface area contributed by atoms with Crippen molar-refractivity contribution in [3.63, 3.8) is 0 Å². The fraction of sp³-hybridized carbons (Fsp3) is 1.00. The number of rotatable bonds is 6. The number of ether oxygens (including phenoxy) is 1. The first-order chi connectivity index (χ1) is 8.74. The van der Waals surface area contributed by atoms with Crippen LogP contribution in [0.25, 0.3) is 0 Å². The summed E-state index contributed by atoms with van der Waals surface area (Å²) >= 11 is 0. The maximum Gasteiger partial charge on any atom is 0.0702 e. The molecule has 0 radical (unpaired) electrons. The lowest BCUT2D eigenvalue weighted by molar-refractivity contribution is 0.0786. The Balaban J connectivity index is 1.61. The molecule has 1 aliphatic heterocycles. The lowest BCUT2D eigenvalue weighted by Crippen LogP contribution is -2.40. The Labute approximate surface area is 112 Å². The summed E-state index contributed by atoms with van der Waals surface area (Å²) < 4.78 is 5.67. The van der Waals surface area contributed by atoms with Gasteiger partial charge in [-0.25, -0.2) is 0 Å². The van der Waals surface area contributed by atoms with Gasteiger partial charge in [-0.2, -0.15) is 0 Å². The van der Waals surface area contributed by atoms with E-state index in [0.717, 1.165) is 25.6 Å². The molecular weight excluding hydrogens is 224 g/mol. The van der Waals surface area contributed by atoms with Gasteiger partial charge in [-0.1, -0.05) is 32.1 Å². The van der Waals surface area contributed by atoms with Gasteiger partial charge in [0.1, 0.15) is 0 Å². The van der Waals surface area contributed by atoms with Gasteiger partial charge in [0.15, 0.2) is 0 Å². The topological polar surface area (TPSA) is 38.5 Å². The maximum absolute atomic E-state index is 6.30. The fourth-order valence-corrected chi connectivity index (χ4v) is 3.54. The Morgan fingerprint density at radius 1 is 1.17 bits per heavy atom. The summed E-state index contributed by atoms with van der Waals surface area (Å²) in [6, 6.07) is 0.347. The summed E-state index contributed by atoms with van der Waals surface area (Å²) in [7, 11) is 2.18. The highest BCUT2D eigenvalue weighted by Gasteiger charge is 2.20. The molecule has 18 heavy (non-hydrogen) atoms. The molecule has 1 heterocycles. The van der Waals surface area contributed by atoms with Crippen molar-refractivity contribution in [1.29, 1.82) is 0 Å². The van der Waals surface area contributed by atoms with Crippen molar-refractivity contribution < 1.29 is 4.74 Å². The van der Waals surface area contributed by atoms with Gasteiger partial charge in [0.05, 0.1) is 6.10 Å². The van der Waals surface area contributed by atoms with E-state index in [1.54, 1.807) is 0 Å². The Hall–Kier alpha value is -0.120. The van der Waals surface area contributed by atoms with Crippen molar-refractivity contribution in [3.05, 3.63) is 0 Å². The number of nitrogens with two attached hydrogens (primary N) is 1. The van der Waals surface area contributed by atoms with Gasteiger partial charge in [0.25, 0.3) is 0 Å². The number of nitrogens with zero attached hydrogens (tertiary/aromatic N) is 1. The summed E-state index contributed by atoms with van der Waals surface area (Å²) in [5, 5.41) is 0.